The van der Waals surface area contributed by atoms with E-state index in [0.29, 0.717) is 0 Å². The first-order valence-corrected chi connectivity index (χ1v) is 5.91. The monoisotopic (exact) mass is 255 g/mol. The Bertz CT molecular complexity index is 544. The van der Waals surface area contributed by atoms with Crippen molar-refractivity contribution in [3.63, 3.8) is 0 Å². The molecule has 1 aromatic rings. The van der Waals surface area contributed by atoms with E-state index in [2.05, 4.69) is 16.1 Å². The van der Waals surface area contributed by atoms with Crippen LogP contribution in [-0.2, 0) is 9.53 Å². The van der Waals surface area contributed by atoms with Gasteiger partial charge in [0.2, 0.25) is 0 Å². The minimum absolute atomic E-state index is 0.333. The van der Waals surface area contributed by atoms with Gasteiger partial charge in [-0.3, -0.25) is 10.1 Å². The quantitative estimate of drug-likeness (QED) is 0.801. The Kier molecular flexibility index (Phi) is 3.79. The molecule has 0 aromatic heterocycles. The molecule has 0 bridgehead atoms. The van der Waals surface area contributed by atoms with Gasteiger partial charge in [-0.2, -0.15) is 10.5 Å². The largest absolute Gasteiger partial charge is 0.468 e. The van der Waals surface area contributed by atoms with Crippen molar-refractivity contribution in [3.8, 4) is 12.1 Å². The Balaban J connectivity index is 2.35. The zero-order valence-corrected chi connectivity index (χ0v) is 10.4. The molecule has 96 valence electrons. The van der Waals surface area contributed by atoms with Crippen molar-refractivity contribution < 1.29 is 9.53 Å². The molecule has 19 heavy (non-hydrogen) atoms. The number of ether oxygens (including phenoxy) is 1. The van der Waals surface area contributed by atoms with Crippen LogP contribution in [0.25, 0.3) is 0 Å². The van der Waals surface area contributed by atoms with Crippen LogP contribution in [-0.4, -0.2) is 19.1 Å². The molecule has 0 saturated carbocycles. The summed E-state index contributed by atoms with van der Waals surface area (Å²) in [5.74, 6) is -1.79. The van der Waals surface area contributed by atoms with Crippen LogP contribution in [0.15, 0.2) is 30.3 Å². The predicted molar refractivity (Wildman–Crippen MR) is 66.3 cm³/mol. The van der Waals surface area contributed by atoms with Crippen molar-refractivity contribution in [2.45, 2.75) is 12.1 Å². The first-order valence-electron chi connectivity index (χ1n) is 5.91. The smallest absolute Gasteiger partial charge is 0.324 e. The number of hydrogen-bond donors (Lipinski definition) is 1. The molecule has 1 N–H and O–H groups in total. The van der Waals surface area contributed by atoms with Gasteiger partial charge in [0.1, 0.15) is 6.04 Å². The fraction of sp³-hybridized carbons (Fsp3) is 0.357. The minimum atomic E-state index is -0.759. The number of carbonyl (C=O) groups excluding carboxylic acids is 1. The second kappa shape index (κ2) is 5.51. The fourth-order valence-electron chi connectivity index (χ4n) is 2.43. The molecule has 0 amide bonds. The van der Waals surface area contributed by atoms with E-state index in [1.54, 1.807) is 0 Å². The maximum absolute atomic E-state index is 11.7. The second-order valence-corrected chi connectivity index (χ2v) is 4.37. The molecule has 1 aliphatic heterocycles. The van der Waals surface area contributed by atoms with E-state index in [4.69, 9.17) is 0 Å². The molecule has 5 heteroatoms. The Hall–Kier alpha value is -2.37. The van der Waals surface area contributed by atoms with Gasteiger partial charge in [-0.05, 0) is 5.56 Å². The van der Waals surface area contributed by atoms with Crippen LogP contribution < -0.4 is 5.32 Å². The van der Waals surface area contributed by atoms with Gasteiger partial charge in [-0.15, -0.1) is 0 Å². The molecule has 4 atom stereocenters. The summed E-state index contributed by atoms with van der Waals surface area (Å²) in [5, 5.41) is 21.5. The highest BCUT2D eigenvalue weighted by Crippen LogP contribution is 2.36. The Morgan fingerprint density at radius 3 is 2.37 bits per heavy atom. The predicted octanol–water partition coefficient (Wildman–Crippen LogP) is 1.15. The van der Waals surface area contributed by atoms with Crippen LogP contribution in [0, 0.1) is 34.5 Å². The van der Waals surface area contributed by atoms with E-state index in [9.17, 15) is 15.3 Å². The normalized spacial score (nSPS) is 29.2. The lowest BCUT2D eigenvalue weighted by atomic mass is 9.86. The number of nitriles is 2. The number of esters is 1. The molecule has 0 unspecified atom stereocenters. The summed E-state index contributed by atoms with van der Waals surface area (Å²) >= 11 is 0. The van der Waals surface area contributed by atoms with E-state index in [1.165, 1.54) is 7.11 Å². The lowest BCUT2D eigenvalue weighted by Crippen LogP contribution is -2.37. The van der Waals surface area contributed by atoms with Crippen molar-refractivity contribution >= 4 is 5.97 Å². The zero-order valence-electron chi connectivity index (χ0n) is 10.4. The summed E-state index contributed by atoms with van der Waals surface area (Å²) in [6.45, 7) is 0. The molecule has 1 saturated heterocycles. The first-order chi connectivity index (χ1) is 9.22. The highest BCUT2D eigenvalue weighted by Gasteiger charge is 2.47. The van der Waals surface area contributed by atoms with Gasteiger partial charge in [0.05, 0.1) is 37.1 Å². The number of methoxy groups -OCH3 is 1. The van der Waals surface area contributed by atoms with Crippen LogP contribution >= 0.6 is 0 Å². The summed E-state index contributed by atoms with van der Waals surface area (Å²) in [4.78, 5) is 11.7. The molecule has 1 aliphatic rings. The molecule has 2 rings (SSSR count). The van der Waals surface area contributed by atoms with Crippen LogP contribution in [0.4, 0.5) is 0 Å². The number of rotatable bonds is 2. The molecular weight excluding hydrogens is 242 g/mol. The maximum atomic E-state index is 11.7. The SMILES string of the molecule is COC(=O)[C@@H]1N[C@H](c2ccccc2)[C@@H](C#N)[C@@H]1C#N. The van der Waals surface area contributed by atoms with Crippen LogP contribution in [0.1, 0.15) is 11.6 Å². The van der Waals surface area contributed by atoms with Gasteiger partial charge in [-0.1, -0.05) is 30.3 Å². The van der Waals surface area contributed by atoms with E-state index in [-0.39, 0.29) is 6.04 Å². The van der Waals surface area contributed by atoms with Gasteiger partial charge in [0, 0.05) is 0 Å². The van der Waals surface area contributed by atoms with Crippen molar-refractivity contribution in [3.05, 3.63) is 35.9 Å². The average molecular weight is 255 g/mol. The molecule has 1 fully saturated rings. The standard InChI is InChI=1S/C14H13N3O2/c1-19-14(18)13-11(8-16)10(7-15)12(17-13)9-5-3-2-4-6-9/h2-6,10-13,17H,1H3/t10-,11-,12+,13+/m0/s1. The van der Waals surface area contributed by atoms with E-state index in [0.717, 1.165) is 5.56 Å². The number of nitrogens with one attached hydrogen (secondary N) is 1. The van der Waals surface area contributed by atoms with E-state index >= 15 is 0 Å². The molecule has 0 spiro atoms. The highest BCUT2D eigenvalue weighted by molar-refractivity contribution is 5.77. The van der Waals surface area contributed by atoms with Crippen LogP contribution in [0.3, 0.4) is 0 Å². The van der Waals surface area contributed by atoms with Crippen molar-refractivity contribution in [1.29, 1.82) is 10.5 Å². The lowest BCUT2D eigenvalue weighted by Gasteiger charge is -2.14. The topological polar surface area (TPSA) is 85.9 Å². The summed E-state index contributed by atoms with van der Waals surface area (Å²) in [6.07, 6.45) is 0. The average Bonchev–Trinajstić information content (AvgIpc) is 2.85. The summed E-state index contributed by atoms with van der Waals surface area (Å²) in [5.41, 5.74) is 0.890. The summed E-state index contributed by atoms with van der Waals surface area (Å²) < 4.78 is 4.68. The molecule has 0 aliphatic carbocycles. The van der Waals surface area contributed by atoms with Crippen molar-refractivity contribution in [1.82, 2.24) is 5.32 Å². The van der Waals surface area contributed by atoms with Gasteiger partial charge in [-0.25, -0.2) is 0 Å². The third-order valence-corrected chi connectivity index (χ3v) is 3.38. The minimum Gasteiger partial charge on any atom is -0.468 e. The summed E-state index contributed by atoms with van der Waals surface area (Å²) in [6, 6.07) is 12.4. The Labute approximate surface area is 111 Å². The second-order valence-electron chi connectivity index (χ2n) is 4.37. The Morgan fingerprint density at radius 2 is 1.84 bits per heavy atom. The first kappa shape index (κ1) is 13.1. The van der Waals surface area contributed by atoms with Crippen molar-refractivity contribution in [2.75, 3.05) is 7.11 Å². The fourth-order valence-corrected chi connectivity index (χ4v) is 2.43. The third kappa shape index (κ3) is 2.29. The van der Waals surface area contributed by atoms with Crippen LogP contribution in [0.5, 0.6) is 0 Å². The van der Waals surface area contributed by atoms with Crippen molar-refractivity contribution in [2.24, 2.45) is 11.8 Å². The third-order valence-electron chi connectivity index (χ3n) is 3.38. The van der Waals surface area contributed by atoms with Gasteiger partial charge >= 0.3 is 5.97 Å². The number of hydrogen-bond acceptors (Lipinski definition) is 5. The maximum Gasteiger partial charge on any atom is 0.324 e. The van der Waals surface area contributed by atoms with Gasteiger partial charge in [0.15, 0.2) is 0 Å². The number of nitrogens with zero attached hydrogens (tertiary/aromatic N) is 2. The van der Waals surface area contributed by atoms with Crippen LogP contribution in [0.2, 0.25) is 0 Å². The molecule has 0 radical (unpaired) electrons. The van der Waals surface area contributed by atoms with E-state index in [1.807, 2.05) is 36.4 Å². The number of benzene rings is 1. The lowest BCUT2D eigenvalue weighted by molar-refractivity contribution is -0.143. The van der Waals surface area contributed by atoms with E-state index < -0.39 is 23.8 Å². The highest BCUT2D eigenvalue weighted by atomic mass is 16.5. The summed E-state index contributed by atoms with van der Waals surface area (Å²) in [7, 11) is 1.27. The van der Waals surface area contributed by atoms with Gasteiger partial charge in [0.25, 0.3) is 0 Å². The number of carbonyl (C=O) groups is 1. The molecular formula is C14H13N3O2. The molecule has 1 heterocycles. The zero-order chi connectivity index (χ0) is 13.8. The Morgan fingerprint density at radius 1 is 1.21 bits per heavy atom. The molecule has 5 nitrogen and oxygen atoms in total. The van der Waals surface area contributed by atoms with Gasteiger partial charge < -0.3 is 4.74 Å². The molecule has 1 aromatic carbocycles.